The fourth-order valence-electron chi connectivity index (χ4n) is 2.12. The van der Waals surface area contributed by atoms with Crippen molar-refractivity contribution in [3.8, 4) is 0 Å². The van der Waals surface area contributed by atoms with Gasteiger partial charge in [-0.25, -0.2) is 4.39 Å². The first-order chi connectivity index (χ1) is 11.1. The Morgan fingerprint density at radius 1 is 1.26 bits per heavy atom. The van der Waals surface area contributed by atoms with Crippen LogP contribution >= 0.6 is 11.6 Å². The average molecular weight is 336 g/mol. The van der Waals surface area contributed by atoms with Crippen LogP contribution in [-0.4, -0.2) is 19.1 Å². The topological polar surface area (TPSA) is 38.3 Å². The van der Waals surface area contributed by atoms with Crippen molar-refractivity contribution < 1.29 is 13.9 Å². The van der Waals surface area contributed by atoms with Gasteiger partial charge in [-0.3, -0.25) is 4.79 Å². The molecular formula is C18H19ClFNO2. The van der Waals surface area contributed by atoms with Crippen molar-refractivity contribution in [2.24, 2.45) is 0 Å². The van der Waals surface area contributed by atoms with Gasteiger partial charge >= 0.3 is 0 Å². The molecule has 0 aromatic heterocycles. The van der Waals surface area contributed by atoms with Crippen LogP contribution in [0.3, 0.4) is 0 Å². The van der Waals surface area contributed by atoms with Crippen LogP contribution in [0.2, 0.25) is 5.02 Å². The molecule has 2 aromatic carbocycles. The molecular weight excluding hydrogens is 317 g/mol. The van der Waals surface area contributed by atoms with E-state index in [2.05, 4.69) is 5.32 Å². The molecule has 23 heavy (non-hydrogen) atoms. The number of carbonyl (C=O) groups is 1. The highest BCUT2D eigenvalue weighted by Gasteiger charge is 2.10. The maximum atomic E-state index is 12.9. The minimum Gasteiger partial charge on any atom is -0.374 e. The Labute approximate surface area is 140 Å². The second-order valence-electron chi connectivity index (χ2n) is 5.16. The molecule has 1 unspecified atom stereocenters. The third-order valence-corrected chi connectivity index (χ3v) is 3.73. The normalized spacial score (nSPS) is 12.0. The SMILES string of the molecule is CC(OCCCNC(=O)c1ccc(F)cc1Cl)c1ccccc1. The van der Waals surface area contributed by atoms with Crippen molar-refractivity contribution in [1.82, 2.24) is 5.32 Å². The lowest BCUT2D eigenvalue weighted by Crippen LogP contribution is -2.25. The van der Waals surface area contributed by atoms with E-state index < -0.39 is 5.82 Å². The molecule has 1 N–H and O–H groups in total. The molecule has 2 aromatic rings. The first-order valence-electron chi connectivity index (χ1n) is 7.47. The van der Waals surface area contributed by atoms with E-state index in [1.165, 1.54) is 12.1 Å². The van der Waals surface area contributed by atoms with Crippen molar-refractivity contribution in [1.29, 1.82) is 0 Å². The summed E-state index contributed by atoms with van der Waals surface area (Å²) >= 11 is 5.85. The van der Waals surface area contributed by atoms with Crippen molar-refractivity contribution in [3.63, 3.8) is 0 Å². The molecule has 0 bridgehead atoms. The highest BCUT2D eigenvalue weighted by Crippen LogP contribution is 2.17. The van der Waals surface area contributed by atoms with Gasteiger partial charge in [-0.05, 0) is 37.1 Å². The molecule has 0 fully saturated rings. The summed E-state index contributed by atoms with van der Waals surface area (Å²) in [5, 5.41) is 2.85. The maximum absolute atomic E-state index is 12.9. The number of amides is 1. The Hall–Kier alpha value is -1.91. The molecule has 2 rings (SSSR count). The zero-order valence-electron chi connectivity index (χ0n) is 12.9. The number of hydrogen-bond acceptors (Lipinski definition) is 2. The van der Waals surface area contributed by atoms with Gasteiger partial charge in [0.25, 0.3) is 5.91 Å². The number of rotatable bonds is 7. The third-order valence-electron chi connectivity index (χ3n) is 3.42. The van der Waals surface area contributed by atoms with Gasteiger partial charge in [0.1, 0.15) is 5.82 Å². The summed E-state index contributed by atoms with van der Waals surface area (Å²) in [7, 11) is 0. The molecule has 0 heterocycles. The zero-order chi connectivity index (χ0) is 16.7. The highest BCUT2D eigenvalue weighted by molar-refractivity contribution is 6.33. The minimum atomic E-state index is -0.463. The monoisotopic (exact) mass is 335 g/mol. The third kappa shape index (κ3) is 5.34. The number of nitrogens with one attached hydrogen (secondary N) is 1. The van der Waals surface area contributed by atoms with Crippen molar-refractivity contribution in [2.45, 2.75) is 19.4 Å². The van der Waals surface area contributed by atoms with E-state index >= 15 is 0 Å². The van der Waals surface area contributed by atoms with Crippen LogP contribution in [0.5, 0.6) is 0 Å². The van der Waals surface area contributed by atoms with Crippen LogP contribution in [0.4, 0.5) is 4.39 Å². The van der Waals surface area contributed by atoms with Crippen LogP contribution in [-0.2, 0) is 4.74 Å². The van der Waals surface area contributed by atoms with Gasteiger partial charge in [0, 0.05) is 13.2 Å². The van der Waals surface area contributed by atoms with Gasteiger partial charge in [-0.1, -0.05) is 41.9 Å². The largest absolute Gasteiger partial charge is 0.374 e. The number of halogens is 2. The maximum Gasteiger partial charge on any atom is 0.252 e. The summed E-state index contributed by atoms with van der Waals surface area (Å²) in [5.74, 6) is -0.777. The lowest BCUT2D eigenvalue weighted by atomic mass is 10.1. The molecule has 0 saturated heterocycles. The van der Waals surface area contributed by atoms with E-state index in [-0.39, 0.29) is 22.6 Å². The fraction of sp³-hybridized carbons (Fsp3) is 0.278. The molecule has 0 aliphatic heterocycles. The van der Waals surface area contributed by atoms with Crippen LogP contribution in [0.15, 0.2) is 48.5 Å². The van der Waals surface area contributed by atoms with E-state index in [9.17, 15) is 9.18 Å². The second kappa shape index (κ2) is 8.65. The van der Waals surface area contributed by atoms with Crippen LogP contribution < -0.4 is 5.32 Å². The smallest absolute Gasteiger partial charge is 0.252 e. The fourth-order valence-corrected chi connectivity index (χ4v) is 2.38. The molecule has 3 nitrogen and oxygen atoms in total. The van der Waals surface area contributed by atoms with E-state index in [0.717, 1.165) is 11.6 Å². The van der Waals surface area contributed by atoms with Gasteiger partial charge in [-0.15, -0.1) is 0 Å². The van der Waals surface area contributed by atoms with Crippen molar-refractivity contribution in [3.05, 3.63) is 70.5 Å². The van der Waals surface area contributed by atoms with Gasteiger partial charge in [0.05, 0.1) is 16.7 Å². The Kier molecular flexibility index (Phi) is 6.56. The molecule has 0 spiro atoms. The molecule has 1 atom stereocenters. The Morgan fingerprint density at radius 2 is 2.00 bits per heavy atom. The lowest BCUT2D eigenvalue weighted by Gasteiger charge is -2.13. The van der Waals surface area contributed by atoms with Gasteiger partial charge in [0.2, 0.25) is 0 Å². The number of hydrogen-bond donors (Lipinski definition) is 1. The van der Waals surface area contributed by atoms with E-state index in [1.54, 1.807) is 0 Å². The minimum absolute atomic E-state index is 0.0124. The van der Waals surface area contributed by atoms with Crippen molar-refractivity contribution >= 4 is 17.5 Å². The van der Waals surface area contributed by atoms with E-state index in [0.29, 0.717) is 19.6 Å². The number of ether oxygens (including phenoxy) is 1. The summed E-state index contributed by atoms with van der Waals surface area (Å²) in [5.41, 5.74) is 1.39. The molecule has 0 saturated carbocycles. The van der Waals surface area contributed by atoms with Gasteiger partial charge in [-0.2, -0.15) is 0 Å². The van der Waals surface area contributed by atoms with Crippen LogP contribution in [0.1, 0.15) is 35.4 Å². The Bertz CT molecular complexity index is 649. The number of carbonyl (C=O) groups excluding carboxylic acids is 1. The average Bonchev–Trinajstić information content (AvgIpc) is 2.55. The summed E-state index contributed by atoms with van der Waals surface area (Å²) < 4.78 is 18.7. The summed E-state index contributed by atoms with van der Waals surface area (Å²) in [4.78, 5) is 11.9. The Balaban J connectivity index is 1.70. The second-order valence-corrected chi connectivity index (χ2v) is 5.56. The van der Waals surface area contributed by atoms with Crippen LogP contribution in [0.25, 0.3) is 0 Å². The van der Waals surface area contributed by atoms with Gasteiger partial charge < -0.3 is 10.1 Å². The molecule has 0 aliphatic carbocycles. The molecule has 5 heteroatoms. The Morgan fingerprint density at radius 3 is 2.70 bits per heavy atom. The van der Waals surface area contributed by atoms with Crippen LogP contribution in [0, 0.1) is 5.82 Å². The quantitative estimate of drug-likeness (QED) is 0.763. The van der Waals surface area contributed by atoms with E-state index in [1.807, 2.05) is 37.3 Å². The predicted molar refractivity (Wildman–Crippen MR) is 89.2 cm³/mol. The summed E-state index contributed by atoms with van der Waals surface area (Å²) in [6.45, 7) is 2.99. The summed E-state index contributed by atoms with van der Waals surface area (Å²) in [6.07, 6.45) is 0.695. The molecule has 0 aliphatic rings. The van der Waals surface area contributed by atoms with Crippen molar-refractivity contribution in [2.75, 3.05) is 13.2 Å². The highest BCUT2D eigenvalue weighted by atomic mass is 35.5. The van der Waals surface area contributed by atoms with E-state index in [4.69, 9.17) is 16.3 Å². The lowest BCUT2D eigenvalue weighted by molar-refractivity contribution is 0.0635. The predicted octanol–water partition coefficient (Wildman–Crippen LogP) is 4.38. The molecule has 1 amide bonds. The first kappa shape index (κ1) is 17.4. The van der Waals surface area contributed by atoms with Gasteiger partial charge in [0.15, 0.2) is 0 Å². The summed E-state index contributed by atoms with van der Waals surface area (Å²) in [6, 6.07) is 13.7. The molecule has 0 radical (unpaired) electrons. The zero-order valence-corrected chi connectivity index (χ0v) is 13.6. The first-order valence-corrected chi connectivity index (χ1v) is 7.85. The number of benzene rings is 2. The standard InChI is InChI=1S/C18H19ClFNO2/c1-13(14-6-3-2-4-7-14)23-11-5-10-21-18(22)16-9-8-15(20)12-17(16)19/h2-4,6-9,12-13H,5,10-11H2,1H3,(H,21,22). The molecule has 122 valence electrons.